The fourth-order valence-corrected chi connectivity index (χ4v) is 3.62. The van der Waals surface area contributed by atoms with Gasteiger partial charge in [0.15, 0.2) is 11.5 Å². The molecule has 1 aromatic heterocycles. The van der Waals surface area contributed by atoms with Crippen molar-refractivity contribution in [2.75, 3.05) is 19.0 Å². The molecule has 9 nitrogen and oxygen atoms in total. The molecule has 1 aromatic carbocycles. The van der Waals surface area contributed by atoms with Crippen LogP contribution in [0.15, 0.2) is 27.9 Å². The van der Waals surface area contributed by atoms with E-state index in [9.17, 15) is 4.79 Å². The first-order valence-corrected chi connectivity index (χ1v) is 9.63. The van der Waals surface area contributed by atoms with Crippen LogP contribution in [-0.2, 0) is 9.53 Å². The van der Waals surface area contributed by atoms with E-state index in [2.05, 4.69) is 36.8 Å². The predicted octanol–water partition coefficient (Wildman–Crippen LogP) is 3.08. The standard InChI is InChI=1S/C18H22BrN5O4/c1-6-27-16-12(19)7-11(8-13(16)26-5)15-14(17(25)28-9(2)3)10(4)20-18-21-22-23-24(15)18/h7-9,15H,6H2,1-5H3,(H,20,21,23)/t15-/m1/s1. The average molecular weight is 452 g/mol. The second kappa shape index (κ2) is 8.17. The normalized spacial score (nSPS) is 15.9. The molecule has 2 heterocycles. The number of nitrogens with one attached hydrogen (secondary N) is 1. The molecule has 3 rings (SSSR count). The van der Waals surface area contributed by atoms with E-state index in [0.717, 1.165) is 5.56 Å². The number of anilines is 1. The minimum Gasteiger partial charge on any atom is -0.493 e. The lowest BCUT2D eigenvalue weighted by atomic mass is 9.95. The number of allylic oxidation sites excluding steroid dienone is 1. The molecule has 0 radical (unpaired) electrons. The summed E-state index contributed by atoms with van der Waals surface area (Å²) in [6.45, 7) is 7.79. The highest BCUT2D eigenvalue weighted by Crippen LogP contribution is 2.42. The molecule has 2 aromatic rings. The number of hydrogen-bond donors (Lipinski definition) is 1. The zero-order chi connectivity index (χ0) is 20.4. The zero-order valence-electron chi connectivity index (χ0n) is 16.3. The Hall–Kier alpha value is -2.62. The third-order valence-electron chi connectivity index (χ3n) is 4.13. The first-order chi connectivity index (χ1) is 13.4. The van der Waals surface area contributed by atoms with Gasteiger partial charge in [-0.3, -0.25) is 0 Å². The molecule has 0 bridgehead atoms. The van der Waals surface area contributed by atoms with Gasteiger partial charge in [-0.25, -0.2) is 4.79 Å². The highest BCUT2D eigenvalue weighted by Gasteiger charge is 2.36. The molecule has 0 amide bonds. The van der Waals surface area contributed by atoms with Gasteiger partial charge >= 0.3 is 5.97 Å². The lowest BCUT2D eigenvalue weighted by Crippen LogP contribution is -2.30. The number of aromatic nitrogens is 4. The number of methoxy groups -OCH3 is 1. The second-order valence-electron chi connectivity index (χ2n) is 6.43. The Kier molecular flexibility index (Phi) is 5.87. The largest absolute Gasteiger partial charge is 0.493 e. The first kappa shape index (κ1) is 20.1. The quantitative estimate of drug-likeness (QED) is 0.668. The number of hydrogen-bond acceptors (Lipinski definition) is 8. The summed E-state index contributed by atoms with van der Waals surface area (Å²) in [5.74, 6) is 1.13. The van der Waals surface area contributed by atoms with Gasteiger partial charge in [-0.2, -0.15) is 4.68 Å². The molecule has 0 unspecified atom stereocenters. The van der Waals surface area contributed by atoms with Crippen LogP contribution in [0.2, 0.25) is 0 Å². The van der Waals surface area contributed by atoms with Crippen molar-refractivity contribution in [2.45, 2.75) is 39.8 Å². The van der Waals surface area contributed by atoms with Gasteiger partial charge < -0.3 is 19.5 Å². The summed E-state index contributed by atoms with van der Waals surface area (Å²) in [5.41, 5.74) is 1.80. The summed E-state index contributed by atoms with van der Waals surface area (Å²) in [4.78, 5) is 12.9. The van der Waals surface area contributed by atoms with Crippen LogP contribution in [0.5, 0.6) is 11.5 Å². The van der Waals surface area contributed by atoms with Crippen molar-refractivity contribution in [3.05, 3.63) is 33.4 Å². The molecule has 28 heavy (non-hydrogen) atoms. The van der Waals surface area contributed by atoms with Crippen LogP contribution in [-0.4, -0.2) is 46.0 Å². The minimum atomic E-state index is -0.585. The van der Waals surface area contributed by atoms with Crippen molar-refractivity contribution in [1.82, 2.24) is 20.2 Å². The second-order valence-corrected chi connectivity index (χ2v) is 7.29. The molecule has 1 aliphatic heterocycles. The number of esters is 1. The van der Waals surface area contributed by atoms with E-state index in [0.29, 0.717) is 39.8 Å². The maximum Gasteiger partial charge on any atom is 0.338 e. The number of rotatable bonds is 6. The van der Waals surface area contributed by atoms with E-state index in [1.807, 2.05) is 19.1 Å². The van der Waals surface area contributed by atoms with Crippen LogP contribution in [0.1, 0.15) is 39.3 Å². The van der Waals surface area contributed by atoms with Crippen molar-refractivity contribution in [2.24, 2.45) is 0 Å². The third kappa shape index (κ3) is 3.68. The third-order valence-corrected chi connectivity index (χ3v) is 4.72. The number of carbonyl (C=O) groups excluding carboxylic acids is 1. The maximum absolute atomic E-state index is 12.9. The summed E-state index contributed by atoms with van der Waals surface area (Å²) in [7, 11) is 1.56. The Morgan fingerprint density at radius 3 is 2.79 bits per heavy atom. The summed E-state index contributed by atoms with van der Waals surface area (Å²) >= 11 is 3.54. The number of fused-ring (bicyclic) bond motifs is 1. The van der Waals surface area contributed by atoms with Gasteiger partial charge in [-0.1, -0.05) is 5.10 Å². The summed E-state index contributed by atoms with van der Waals surface area (Å²) in [6.07, 6.45) is -0.259. The topological polar surface area (TPSA) is 100 Å². The molecule has 0 spiro atoms. The van der Waals surface area contributed by atoms with Crippen LogP contribution in [0.3, 0.4) is 0 Å². The molecule has 0 fully saturated rings. The predicted molar refractivity (Wildman–Crippen MR) is 105 cm³/mol. The van der Waals surface area contributed by atoms with Crippen LogP contribution in [0.4, 0.5) is 5.95 Å². The summed E-state index contributed by atoms with van der Waals surface area (Å²) < 4.78 is 18.9. The van der Waals surface area contributed by atoms with Crippen LogP contribution in [0.25, 0.3) is 0 Å². The Morgan fingerprint density at radius 1 is 1.39 bits per heavy atom. The monoisotopic (exact) mass is 451 g/mol. The van der Waals surface area contributed by atoms with Gasteiger partial charge in [0, 0.05) is 5.70 Å². The molecule has 0 saturated heterocycles. The number of nitrogens with zero attached hydrogens (tertiary/aromatic N) is 4. The average Bonchev–Trinajstić information content (AvgIpc) is 3.09. The lowest BCUT2D eigenvalue weighted by molar-refractivity contribution is -0.143. The minimum absolute atomic E-state index is 0.259. The van der Waals surface area contributed by atoms with E-state index in [1.165, 1.54) is 0 Å². The SMILES string of the molecule is CCOc1c(Br)cc([C@@H]2C(C(=O)OC(C)C)=C(C)Nc3nnnn32)cc1OC. The van der Waals surface area contributed by atoms with Crippen LogP contribution >= 0.6 is 15.9 Å². The van der Waals surface area contributed by atoms with Gasteiger partial charge in [-0.15, -0.1) is 0 Å². The van der Waals surface area contributed by atoms with E-state index in [4.69, 9.17) is 14.2 Å². The van der Waals surface area contributed by atoms with E-state index in [1.54, 1.807) is 32.6 Å². The van der Waals surface area contributed by atoms with E-state index in [-0.39, 0.29) is 6.10 Å². The number of ether oxygens (including phenoxy) is 3. The molecule has 150 valence electrons. The van der Waals surface area contributed by atoms with Crippen LogP contribution in [0, 0.1) is 0 Å². The Morgan fingerprint density at radius 2 is 2.14 bits per heavy atom. The van der Waals surface area contributed by atoms with Gasteiger partial charge in [0.1, 0.15) is 6.04 Å². The van der Waals surface area contributed by atoms with Gasteiger partial charge in [-0.05, 0) is 71.7 Å². The Bertz CT molecular complexity index is 925. The Balaban J connectivity index is 2.16. The zero-order valence-corrected chi connectivity index (χ0v) is 17.9. The van der Waals surface area contributed by atoms with Crippen molar-refractivity contribution in [3.63, 3.8) is 0 Å². The summed E-state index contributed by atoms with van der Waals surface area (Å²) in [5, 5.41) is 14.8. The fraction of sp³-hybridized carbons (Fsp3) is 0.444. The number of carbonyl (C=O) groups is 1. The molecule has 1 atom stereocenters. The van der Waals surface area contributed by atoms with Crippen LogP contribution < -0.4 is 14.8 Å². The summed E-state index contributed by atoms with van der Waals surface area (Å²) in [6, 6.07) is 3.09. The molecule has 1 N–H and O–H groups in total. The molecule has 10 heteroatoms. The molecule has 0 aliphatic carbocycles. The highest BCUT2D eigenvalue weighted by molar-refractivity contribution is 9.10. The van der Waals surface area contributed by atoms with Crippen molar-refractivity contribution in [3.8, 4) is 11.5 Å². The van der Waals surface area contributed by atoms with Crippen molar-refractivity contribution in [1.29, 1.82) is 0 Å². The van der Waals surface area contributed by atoms with E-state index >= 15 is 0 Å². The number of tetrazole rings is 1. The maximum atomic E-state index is 12.9. The lowest BCUT2D eigenvalue weighted by Gasteiger charge is -2.28. The van der Waals surface area contributed by atoms with Gasteiger partial charge in [0.05, 0.1) is 29.9 Å². The highest BCUT2D eigenvalue weighted by atomic mass is 79.9. The van der Waals surface area contributed by atoms with Crippen molar-refractivity contribution >= 4 is 27.8 Å². The molecular weight excluding hydrogens is 430 g/mol. The first-order valence-electron chi connectivity index (χ1n) is 8.84. The van der Waals surface area contributed by atoms with Gasteiger partial charge in [0.25, 0.3) is 0 Å². The molecular formula is C18H22BrN5O4. The van der Waals surface area contributed by atoms with Crippen molar-refractivity contribution < 1.29 is 19.0 Å². The molecule has 1 aliphatic rings. The molecule has 0 saturated carbocycles. The van der Waals surface area contributed by atoms with Gasteiger partial charge in [0.2, 0.25) is 5.95 Å². The fourth-order valence-electron chi connectivity index (χ4n) is 3.04. The Labute approximate surface area is 171 Å². The smallest absolute Gasteiger partial charge is 0.338 e. The number of halogens is 1. The van der Waals surface area contributed by atoms with E-state index < -0.39 is 12.0 Å². The number of benzene rings is 1.